The highest BCUT2D eigenvalue weighted by atomic mass is 16.6. The smallest absolute Gasteiger partial charge is 0.408 e. The first kappa shape index (κ1) is 35.8. The minimum atomic E-state index is -1.37. The second-order valence-corrected chi connectivity index (χ2v) is 16.0. The van der Waals surface area contributed by atoms with Crippen LogP contribution >= 0.6 is 0 Å². The molecule has 270 valence electrons. The molecule has 5 amide bonds. The lowest BCUT2D eigenvalue weighted by Crippen LogP contribution is -2.60. The molecule has 1 unspecified atom stereocenters. The van der Waals surface area contributed by atoms with Gasteiger partial charge in [0, 0.05) is 29.4 Å². The Morgan fingerprint density at radius 1 is 0.922 bits per heavy atom. The Morgan fingerprint density at radius 2 is 1.51 bits per heavy atom. The first-order valence-corrected chi connectivity index (χ1v) is 17.6. The van der Waals surface area contributed by atoms with Crippen molar-refractivity contribution in [3.8, 4) is 11.1 Å². The molecule has 0 radical (unpaired) electrons. The molecule has 0 bridgehead atoms. The van der Waals surface area contributed by atoms with Crippen LogP contribution in [0.15, 0.2) is 66.3 Å². The van der Waals surface area contributed by atoms with Gasteiger partial charge in [0.2, 0.25) is 17.7 Å². The maximum absolute atomic E-state index is 14.4. The molecule has 0 aromatic heterocycles. The maximum atomic E-state index is 14.4. The summed E-state index contributed by atoms with van der Waals surface area (Å²) in [6.07, 6.45) is 1.89. The number of nitrogens with zero attached hydrogens (tertiary/aromatic N) is 2. The van der Waals surface area contributed by atoms with E-state index in [1.54, 1.807) is 26.8 Å². The Balaban J connectivity index is 1.28. The van der Waals surface area contributed by atoms with E-state index in [9.17, 15) is 24.0 Å². The van der Waals surface area contributed by atoms with Crippen molar-refractivity contribution in [2.75, 3.05) is 6.54 Å². The topological polar surface area (TPSA) is 156 Å². The van der Waals surface area contributed by atoms with Crippen LogP contribution < -0.4 is 16.0 Å². The predicted molar refractivity (Wildman–Crippen MR) is 190 cm³/mol. The largest absolute Gasteiger partial charge is 0.444 e. The summed E-state index contributed by atoms with van der Waals surface area (Å²) in [6.45, 7) is 14.4. The summed E-state index contributed by atoms with van der Waals surface area (Å²) in [4.78, 5) is 75.1. The van der Waals surface area contributed by atoms with E-state index in [0.717, 1.165) is 35.1 Å². The van der Waals surface area contributed by atoms with Crippen molar-refractivity contribution >= 4 is 35.4 Å². The molecule has 12 heteroatoms. The lowest BCUT2D eigenvalue weighted by Gasteiger charge is -2.36. The average Bonchev–Trinajstić information content (AvgIpc) is 3.97. The predicted octanol–water partition coefficient (Wildman–Crippen LogP) is 4.46. The Labute approximate surface area is 298 Å². The van der Waals surface area contributed by atoms with Crippen LogP contribution in [-0.2, 0) is 28.8 Å². The molecule has 6 rings (SSSR count). The Morgan fingerprint density at radius 3 is 2.02 bits per heavy atom. The van der Waals surface area contributed by atoms with Crippen LogP contribution in [0.2, 0.25) is 0 Å². The minimum absolute atomic E-state index is 0.0101. The molecule has 4 aliphatic rings. The summed E-state index contributed by atoms with van der Waals surface area (Å²) in [5.74, 6) is -2.63. The number of fused-ring (bicyclic) bond motifs is 3. The van der Waals surface area contributed by atoms with Crippen molar-refractivity contribution in [3.05, 3.63) is 72.3 Å². The highest BCUT2D eigenvalue weighted by molar-refractivity contribution is 6.24. The van der Waals surface area contributed by atoms with E-state index in [1.807, 2.05) is 69.3 Å². The van der Waals surface area contributed by atoms with Gasteiger partial charge in [-0.05, 0) is 56.6 Å². The van der Waals surface area contributed by atoms with Crippen LogP contribution in [0.1, 0.15) is 78.4 Å². The van der Waals surface area contributed by atoms with E-state index >= 15 is 0 Å². The molecule has 1 saturated heterocycles. The molecule has 12 nitrogen and oxygen atoms in total. The summed E-state index contributed by atoms with van der Waals surface area (Å²) >= 11 is 0. The number of nitrogens with one attached hydrogen (secondary N) is 3. The fourth-order valence-corrected chi connectivity index (χ4v) is 6.83. The van der Waals surface area contributed by atoms with Crippen molar-refractivity contribution in [3.63, 3.8) is 0 Å². The number of imide groups is 1. The number of ether oxygens (including phenoxy) is 1. The SMILES string of the molecule is C=CC1C[C@]1(NC(=O)[C@@H]1C[C@@H](ON=C2c3ccccc3-c3ccccc32)CN1C(=O)[C@H](NC(=O)OC(C)(C)C)C(C)(C)C)C(=O)NC(=O)C1CC1. The summed E-state index contributed by atoms with van der Waals surface area (Å²) in [5.41, 5.74) is 1.58. The van der Waals surface area contributed by atoms with Gasteiger partial charge in [0.25, 0.3) is 5.91 Å². The van der Waals surface area contributed by atoms with Crippen LogP contribution in [0.3, 0.4) is 0 Å². The van der Waals surface area contributed by atoms with E-state index in [-0.39, 0.29) is 31.2 Å². The van der Waals surface area contributed by atoms with Gasteiger partial charge in [0.15, 0.2) is 0 Å². The zero-order chi connectivity index (χ0) is 36.9. The van der Waals surface area contributed by atoms with Gasteiger partial charge in [0.05, 0.1) is 6.54 Å². The number of amides is 5. The second-order valence-electron chi connectivity index (χ2n) is 16.0. The van der Waals surface area contributed by atoms with Gasteiger partial charge < -0.3 is 25.1 Å². The molecular formula is C39H47N5O7. The number of carbonyl (C=O) groups excluding carboxylic acids is 5. The van der Waals surface area contributed by atoms with Crippen LogP contribution in [0.5, 0.6) is 0 Å². The van der Waals surface area contributed by atoms with Gasteiger partial charge in [-0.2, -0.15) is 0 Å². The number of carbonyl (C=O) groups is 5. The van der Waals surface area contributed by atoms with Gasteiger partial charge >= 0.3 is 6.09 Å². The Kier molecular flexibility index (Phi) is 9.32. The van der Waals surface area contributed by atoms with E-state index in [1.165, 1.54) is 4.90 Å². The second kappa shape index (κ2) is 13.3. The van der Waals surface area contributed by atoms with Crippen molar-refractivity contribution in [2.24, 2.45) is 22.4 Å². The highest BCUT2D eigenvalue weighted by Crippen LogP contribution is 2.45. The number of likely N-dealkylation sites (tertiary alicyclic amines) is 1. The Hall–Kier alpha value is -5.00. The van der Waals surface area contributed by atoms with Crippen LogP contribution in [0, 0.1) is 17.3 Å². The molecule has 51 heavy (non-hydrogen) atoms. The number of oxime groups is 1. The van der Waals surface area contributed by atoms with Crippen LogP contribution in [-0.4, -0.2) is 76.2 Å². The fourth-order valence-electron chi connectivity index (χ4n) is 6.83. The van der Waals surface area contributed by atoms with Gasteiger partial charge in [-0.25, -0.2) is 4.79 Å². The molecule has 2 aromatic rings. The average molecular weight is 698 g/mol. The first-order valence-electron chi connectivity index (χ1n) is 17.6. The molecule has 3 fully saturated rings. The summed E-state index contributed by atoms with van der Waals surface area (Å²) in [7, 11) is 0. The van der Waals surface area contributed by atoms with Crippen molar-refractivity contribution in [1.29, 1.82) is 0 Å². The summed E-state index contributed by atoms with van der Waals surface area (Å²) < 4.78 is 5.48. The molecule has 3 aliphatic carbocycles. The number of alkyl carbamates (subject to hydrolysis) is 1. The third kappa shape index (κ3) is 7.41. The van der Waals surface area contributed by atoms with Gasteiger partial charge in [-0.3, -0.25) is 24.5 Å². The number of rotatable bonds is 9. The minimum Gasteiger partial charge on any atom is -0.444 e. The van der Waals surface area contributed by atoms with Crippen LogP contribution in [0.25, 0.3) is 11.1 Å². The van der Waals surface area contributed by atoms with Gasteiger partial charge in [-0.1, -0.05) is 80.5 Å². The normalized spacial score (nSPS) is 24.0. The van der Waals surface area contributed by atoms with Crippen molar-refractivity contribution < 1.29 is 33.5 Å². The molecule has 2 saturated carbocycles. The molecule has 1 heterocycles. The van der Waals surface area contributed by atoms with Gasteiger partial charge in [0.1, 0.15) is 35.0 Å². The molecule has 5 atom stereocenters. The fraction of sp³-hybridized carbons (Fsp3) is 0.487. The molecule has 1 aliphatic heterocycles. The quantitative estimate of drug-likeness (QED) is 0.169. The molecular weight excluding hydrogens is 650 g/mol. The van der Waals surface area contributed by atoms with Gasteiger partial charge in [-0.15, -0.1) is 6.58 Å². The number of hydrogen-bond donors (Lipinski definition) is 3. The first-order chi connectivity index (χ1) is 24.0. The lowest BCUT2D eigenvalue weighted by atomic mass is 9.85. The third-order valence-electron chi connectivity index (χ3n) is 9.81. The van der Waals surface area contributed by atoms with Crippen LogP contribution in [0.4, 0.5) is 4.79 Å². The van der Waals surface area contributed by atoms with E-state index in [4.69, 9.17) is 9.57 Å². The third-order valence-corrected chi connectivity index (χ3v) is 9.81. The number of hydrogen-bond acceptors (Lipinski definition) is 8. The zero-order valence-corrected chi connectivity index (χ0v) is 30.1. The van der Waals surface area contributed by atoms with Crippen molar-refractivity contribution in [1.82, 2.24) is 20.9 Å². The van der Waals surface area contributed by atoms with E-state index in [0.29, 0.717) is 5.71 Å². The molecule has 3 N–H and O–H groups in total. The molecule has 2 aromatic carbocycles. The summed E-state index contributed by atoms with van der Waals surface area (Å²) in [6, 6.07) is 13.6. The lowest BCUT2D eigenvalue weighted by molar-refractivity contribution is -0.143. The zero-order valence-electron chi connectivity index (χ0n) is 30.1. The number of benzene rings is 2. The maximum Gasteiger partial charge on any atom is 0.408 e. The monoisotopic (exact) mass is 697 g/mol. The van der Waals surface area contributed by atoms with Crippen molar-refractivity contribution in [2.45, 2.75) is 96.6 Å². The highest BCUT2D eigenvalue weighted by Gasteiger charge is 2.61. The summed E-state index contributed by atoms with van der Waals surface area (Å²) in [5, 5.41) is 12.7. The standard InChI is InChI=1S/C39H47N5O7/c1-8-23-20-39(23,35(48)41-32(45)22-17-18-22)42-33(46)29-19-24(21-44(29)34(47)31(37(2,3)4)40-36(49)50-38(5,6)7)51-43-30-27-15-11-9-13-25(27)26-14-10-12-16-28(26)30/h8-16,22-24,29,31H,1,17-21H2,2-7H3,(H,40,49)(H,42,46)(H,41,45,48)/t23?,24-,29+,31+,39-/m1/s1. The van der Waals surface area contributed by atoms with E-state index in [2.05, 4.69) is 27.7 Å². The Bertz CT molecular complexity index is 1760. The molecule has 0 spiro atoms. The van der Waals surface area contributed by atoms with E-state index < -0.39 is 64.5 Å².